The average molecular weight is 454 g/mol. The maximum atomic E-state index is 13.2. The van der Waals surface area contributed by atoms with Crippen molar-refractivity contribution in [2.45, 2.75) is 96.2 Å². The molecule has 0 aromatic heterocycles. The normalized spacial score (nSPS) is 27.0. The lowest BCUT2D eigenvalue weighted by molar-refractivity contribution is -0.137. The van der Waals surface area contributed by atoms with Gasteiger partial charge >= 0.3 is 6.18 Å². The maximum Gasteiger partial charge on any atom is 0.416 e. The number of likely N-dealkylation sites (tertiary alicyclic amines) is 1. The highest BCUT2D eigenvalue weighted by Crippen LogP contribution is 2.36. The lowest BCUT2D eigenvalue weighted by Crippen LogP contribution is -2.51. The van der Waals surface area contributed by atoms with Gasteiger partial charge < -0.3 is 15.1 Å². The van der Waals surface area contributed by atoms with Crippen LogP contribution < -0.4 is 5.32 Å². The first-order valence-electron chi connectivity index (χ1n) is 12.0. The third-order valence-corrected chi connectivity index (χ3v) is 7.41. The van der Waals surface area contributed by atoms with E-state index in [1.165, 1.54) is 6.07 Å². The number of carbonyl (C=O) groups excluding carboxylic acids is 1. The number of alkyl halides is 3. The largest absolute Gasteiger partial charge is 0.416 e. The Kier molecular flexibility index (Phi) is 8.26. The Labute approximate surface area is 190 Å². The van der Waals surface area contributed by atoms with Gasteiger partial charge in [-0.1, -0.05) is 31.5 Å². The summed E-state index contributed by atoms with van der Waals surface area (Å²) < 4.78 is 38.9. The van der Waals surface area contributed by atoms with E-state index in [1.54, 1.807) is 6.07 Å². The second-order valence-electron chi connectivity index (χ2n) is 9.79. The highest BCUT2D eigenvalue weighted by Gasteiger charge is 2.42. The van der Waals surface area contributed by atoms with Crippen molar-refractivity contribution in [3.8, 4) is 0 Å². The lowest BCUT2D eigenvalue weighted by atomic mass is 9.77. The second-order valence-corrected chi connectivity index (χ2v) is 9.79. The van der Waals surface area contributed by atoms with Crippen LogP contribution in [-0.4, -0.2) is 53.5 Å². The molecule has 1 aliphatic heterocycles. The van der Waals surface area contributed by atoms with E-state index in [0.29, 0.717) is 30.0 Å². The summed E-state index contributed by atoms with van der Waals surface area (Å²) in [7, 11) is 2.20. The zero-order chi connectivity index (χ0) is 23.5. The molecule has 180 valence electrons. The summed E-state index contributed by atoms with van der Waals surface area (Å²) in [4.78, 5) is 17.7. The summed E-state index contributed by atoms with van der Waals surface area (Å²) >= 11 is 0. The van der Waals surface area contributed by atoms with Crippen molar-refractivity contribution in [1.82, 2.24) is 15.1 Å². The van der Waals surface area contributed by atoms with Crippen LogP contribution in [0.25, 0.3) is 0 Å². The molecule has 4 nitrogen and oxygen atoms in total. The van der Waals surface area contributed by atoms with Crippen LogP contribution in [0.15, 0.2) is 24.3 Å². The van der Waals surface area contributed by atoms with E-state index < -0.39 is 11.7 Å². The molecular formula is C25H38F3N3O. The van der Waals surface area contributed by atoms with E-state index >= 15 is 0 Å². The van der Waals surface area contributed by atoms with Gasteiger partial charge in [-0.25, -0.2) is 0 Å². The molecule has 0 bridgehead atoms. The average Bonchev–Trinajstić information content (AvgIpc) is 3.11. The molecule has 1 aromatic rings. The van der Waals surface area contributed by atoms with Crippen LogP contribution in [0.2, 0.25) is 0 Å². The number of benzene rings is 1. The van der Waals surface area contributed by atoms with Crippen molar-refractivity contribution in [2.24, 2.45) is 5.92 Å². The van der Waals surface area contributed by atoms with Crippen molar-refractivity contribution in [2.75, 3.05) is 13.6 Å². The first-order chi connectivity index (χ1) is 15.1. The SMILES string of the molecule is CCC[C@@H]1C[C@H](N(C)C(C)C)CC[C@@H]1N1CCC(NCc2cccc(C(F)(F)F)c2)C1=O. The number of carbonyl (C=O) groups is 1. The van der Waals surface area contributed by atoms with Gasteiger partial charge in [0.15, 0.2) is 0 Å². The lowest BCUT2D eigenvalue weighted by Gasteiger charge is -2.44. The summed E-state index contributed by atoms with van der Waals surface area (Å²) in [6.07, 6.45) is 1.84. The van der Waals surface area contributed by atoms with E-state index in [1.807, 2.05) is 0 Å². The molecule has 1 N–H and O–H groups in total. The van der Waals surface area contributed by atoms with Gasteiger partial charge in [0.25, 0.3) is 0 Å². The molecule has 4 atom stereocenters. The number of nitrogens with one attached hydrogen (secondary N) is 1. The second kappa shape index (κ2) is 10.6. The molecule has 2 fully saturated rings. The summed E-state index contributed by atoms with van der Waals surface area (Å²) in [5, 5.41) is 3.22. The quantitative estimate of drug-likeness (QED) is 0.597. The van der Waals surface area contributed by atoms with Gasteiger partial charge in [0.2, 0.25) is 5.91 Å². The minimum atomic E-state index is -4.35. The molecule has 7 heteroatoms. The fourth-order valence-corrected chi connectivity index (χ4v) is 5.43. The molecule has 2 aliphatic rings. The highest BCUT2D eigenvalue weighted by molar-refractivity contribution is 5.84. The number of amides is 1. The first kappa shape index (κ1) is 25.0. The van der Waals surface area contributed by atoms with Crippen LogP contribution in [0, 0.1) is 5.92 Å². The third kappa shape index (κ3) is 5.84. The minimum Gasteiger partial charge on any atom is -0.338 e. The molecule has 32 heavy (non-hydrogen) atoms. The van der Waals surface area contributed by atoms with E-state index in [-0.39, 0.29) is 24.5 Å². The Hall–Kier alpha value is -1.60. The summed E-state index contributed by atoms with van der Waals surface area (Å²) in [5.41, 5.74) is -0.103. The van der Waals surface area contributed by atoms with Crippen molar-refractivity contribution in [1.29, 1.82) is 0 Å². The maximum absolute atomic E-state index is 13.2. The fourth-order valence-electron chi connectivity index (χ4n) is 5.43. The van der Waals surface area contributed by atoms with Crippen molar-refractivity contribution in [3.63, 3.8) is 0 Å². The monoisotopic (exact) mass is 453 g/mol. The van der Waals surface area contributed by atoms with Gasteiger partial charge in [-0.05, 0) is 70.5 Å². The predicted octanol–water partition coefficient (Wildman–Crippen LogP) is 5.07. The van der Waals surface area contributed by atoms with Gasteiger partial charge in [0, 0.05) is 31.2 Å². The van der Waals surface area contributed by atoms with Crippen LogP contribution in [0.4, 0.5) is 13.2 Å². The van der Waals surface area contributed by atoms with Gasteiger partial charge in [-0.3, -0.25) is 4.79 Å². The summed E-state index contributed by atoms with van der Waals surface area (Å²) in [6, 6.07) is 6.36. The van der Waals surface area contributed by atoms with Crippen LogP contribution in [-0.2, 0) is 17.5 Å². The van der Waals surface area contributed by atoms with E-state index in [9.17, 15) is 18.0 Å². The Balaban J connectivity index is 1.60. The van der Waals surface area contributed by atoms with Crippen molar-refractivity contribution >= 4 is 5.91 Å². The molecular weight excluding hydrogens is 415 g/mol. The van der Waals surface area contributed by atoms with Gasteiger partial charge in [0.1, 0.15) is 0 Å². The smallest absolute Gasteiger partial charge is 0.338 e. The molecule has 0 spiro atoms. The molecule has 1 amide bonds. The van der Waals surface area contributed by atoms with Crippen LogP contribution in [0.1, 0.15) is 70.4 Å². The first-order valence-corrected chi connectivity index (χ1v) is 12.0. The Morgan fingerprint density at radius 3 is 2.62 bits per heavy atom. The molecule has 1 aliphatic carbocycles. The van der Waals surface area contributed by atoms with Gasteiger partial charge in [0.05, 0.1) is 11.6 Å². The fraction of sp³-hybridized carbons (Fsp3) is 0.720. The molecule has 1 unspecified atom stereocenters. The number of halogens is 3. The van der Waals surface area contributed by atoms with Crippen molar-refractivity contribution in [3.05, 3.63) is 35.4 Å². The topological polar surface area (TPSA) is 35.6 Å². The molecule has 1 saturated heterocycles. The molecule has 1 aromatic carbocycles. The van der Waals surface area contributed by atoms with Gasteiger partial charge in [-0.15, -0.1) is 0 Å². The zero-order valence-corrected chi connectivity index (χ0v) is 19.8. The third-order valence-electron chi connectivity index (χ3n) is 7.41. The highest BCUT2D eigenvalue weighted by atomic mass is 19.4. The van der Waals surface area contributed by atoms with E-state index in [2.05, 4.69) is 42.9 Å². The Morgan fingerprint density at radius 2 is 1.97 bits per heavy atom. The van der Waals surface area contributed by atoms with Crippen LogP contribution in [0.3, 0.4) is 0 Å². The number of rotatable bonds is 8. The van der Waals surface area contributed by atoms with E-state index in [0.717, 1.165) is 50.8 Å². The van der Waals surface area contributed by atoms with Crippen LogP contribution in [0.5, 0.6) is 0 Å². The van der Waals surface area contributed by atoms with Crippen molar-refractivity contribution < 1.29 is 18.0 Å². The summed E-state index contributed by atoms with van der Waals surface area (Å²) in [6.45, 7) is 7.66. The molecule has 0 radical (unpaired) electrons. The minimum absolute atomic E-state index is 0.110. The number of hydrogen-bond donors (Lipinski definition) is 1. The molecule has 3 rings (SSSR count). The van der Waals surface area contributed by atoms with E-state index in [4.69, 9.17) is 0 Å². The van der Waals surface area contributed by atoms with Crippen LogP contribution >= 0.6 is 0 Å². The molecule has 1 saturated carbocycles. The Bertz CT molecular complexity index is 767. The Morgan fingerprint density at radius 1 is 1.22 bits per heavy atom. The number of hydrogen-bond acceptors (Lipinski definition) is 3. The van der Waals surface area contributed by atoms with Gasteiger partial charge in [-0.2, -0.15) is 13.2 Å². The predicted molar refractivity (Wildman–Crippen MR) is 121 cm³/mol. The molecule has 1 heterocycles. The standard InChI is InChI=1S/C25H38F3N3O/c1-5-7-19-15-21(30(4)17(2)3)10-11-23(19)31-13-12-22(24(31)32)29-16-18-8-6-9-20(14-18)25(26,27)28/h6,8-9,14,17,19,21-23,29H,5,7,10-13,15-16H2,1-4H3/t19-,21-,22?,23+/m1/s1. The summed E-state index contributed by atoms with van der Waals surface area (Å²) in [5.74, 6) is 0.616. The zero-order valence-electron chi connectivity index (χ0n) is 19.8. The number of nitrogens with zero attached hydrogens (tertiary/aromatic N) is 2.